The van der Waals surface area contributed by atoms with Gasteiger partial charge in [-0.2, -0.15) is 0 Å². The average Bonchev–Trinajstić information content (AvgIpc) is 3.57. The molecule has 5 heterocycles. The van der Waals surface area contributed by atoms with Gasteiger partial charge in [-0.3, -0.25) is 34.4 Å². The smallest absolute Gasteiger partial charge is 0.255 e. The number of nitrogens with zero attached hydrogens (tertiary/aromatic N) is 4. The van der Waals surface area contributed by atoms with Gasteiger partial charge in [0.05, 0.1) is 5.69 Å². The number of benzene rings is 1. The van der Waals surface area contributed by atoms with E-state index in [1.54, 1.807) is 17.2 Å². The normalized spacial score (nSPS) is 24.1. The Bertz CT molecular complexity index is 1280. The molecule has 0 aliphatic carbocycles. The van der Waals surface area contributed by atoms with Gasteiger partial charge in [0, 0.05) is 69.6 Å². The standard InChI is InChI=1S/C28H31N5O5/c34-25-6-5-23(26(35)30-25)33-17-20-15-19(3-4-21(20)27(33)36)22-14-18(7-8-29-22)16-31-9-11-32(12-10-31)28(37)24-2-1-13-38-24/h3-4,7-8,14-15,23-24H,1-2,5-6,9-13,16-17H2,(H,30,34,35). The molecule has 4 aliphatic rings. The van der Waals surface area contributed by atoms with Gasteiger partial charge in [-0.05, 0) is 54.7 Å². The van der Waals surface area contributed by atoms with Gasteiger partial charge in [0.1, 0.15) is 12.1 Å². The van der Waals surface area contributed by atoms with Crippen molar-refractivity contribution in [3.8, 4) is 11.3 Å². The first-order chi connectivity index (χ1) is 18.5. The molecule has 10 heteroatoms. The average molecular weight is 518 g/mol. The van der Waals surface area contributed by atoms with Crippen molar-refractivity contribution in [2.45, 2.75) is 50.9 Å². The summed E-state index contributed by atoms with van der Waals surface area (Å²) in [5, 5.41) is 2.34. The molecule has 0 saturated carbocycles. The fourth-order valence-electron chi connectivity index (χ4n) is 5.82. The molecule has 1 aromatic heterocycles. The number of fused-ring (bicyclic) bond motifs is 1. The van der Waals surface area contributed by atoms with Crippen molar-refractivity contribution in [3.05, 3.63) is 53.2 Å². The molecule has 0 radical (unpaired) electrons. The lowest BCUT2D eigenvalue weighted by Crippen LogP contribution is -2.52. The van der Waals surface area contributed by atoms with Gasteiger partial charge in [0.15, 0.2) is 0 Å². The van der Waals surface area contributed by atoms with Crippen molar-refractivity contribution >= 4 is 23.6 Å². The minimum atomic E-state index is -0.626. The first-order valence-corrected chi connectivity index (χ1v) is 13.3. The molecule has 4 amide bonds. The number of hydrogen-bond acceptors (Lipinski definition) is 7. The fraction of sp³-hybridized carbons (Fsp3) is 0.464. The zero-order valence-electron chi connectivity index (χ0n) is 21.2. The molecule has 2 atom stereocenters. The van der Waals surface area contributed by atoms with Crippen molar-refractivity contribution in [2.75, 3.05) is 32.8 Å². The van der Waals surface area contributed by atoms with Crippen molar-refractivity contribution in [1.29, 1.82) is 0 Å². The van der Waals surface area contributed by atoms with E-state index in [1.807, 2.05) is 23.1 Å². The molecule has 1 aromatic carbocycles. The lowest BCUT2D eigenvalue weighted by molar-refractivity contribution is -0.142. The minimum Gasteiger partial charge on any atom is -0.368 e. The third kappa shape index (κ3) is 4.81. The number of aromatic nitrogens is 1. The molecular weight excluding hydrogens is 486 g/mol. The predicted octanol–water partition coefficient (Wildman–Crippen LogP) is 1.33. The van der Waals surface area contributed by atoms with Gasteiger partial charge in [0.25, 0.3) is 11.8 Å². The molecule has 6 rings (SSSR count). The zero-order valence-corrected chi connectivity index (χ0v) is 21.2. The van der Waals surface area contributed by atoms with Crippen molar-refractivity contribution in [3.63, 3.8) is 0 Å². The van der Waals surface area contributed by atoms with Crippen LogP contribution < -0.4 is 5.32 Å². The quantitative estimate of drug-likeness (QED) is 0.596. The molecule has 10 nitrogen and oxygen atoms in total. The highest BCUT2D eigenvalue weighted by Crippen LogP contribution is 2.31. The number of carbonyl (C=O) groups excluding carboxylic acids is 4. The maximum atomic E-state index is 13.0. The fourth-order valence-corrected chi connectivity index (χ4v) is 5.82. The maximum absolute atomic E-state index is 13.0. The van der Waals surface area contributed by atoms with E-state index in [0.717, 1.165) is 54.9 Å². The second kappa shape index (κ2) is 10.3. The SMILES string of the molecule is O=C1CCC(N2Cc3cc(-c4cc(CN5CCN(C(=O)C6CCCO6)CC5)ccn4)ccc3C2=O)C(=O)N1. The van der Waals surface area contributed by atoms with Crippen LogP contribution in [0.15, 0.2) is 36.5 Å². The maximum Gasteiger partial charge on any atom is 0.255 e. The highest BCUT2D eigenvalue weighted by molar-refractivity contribution is 6.05. The summed E-state index contributed by atoms with van der Waals surface area (Å²) in [6.45, 7) is 4.82. The molecule has 4 aliphatic heterocycles. The molecule has 3 saturated heterocycles. The van der Waals surface area contributed by atoms with Gasteiger partial charge in [0.2, 0.25) is 11.8 Å². The summed E-state index contributed by atoms with van der Waals surface area (Å²) in [4.78, 5) is 59.9. The molecule has 1 N–H and O–H groups in total. The van der Waals surface area contributed by atoms with Crippen LogP contribution >= 0.6 is 0 Å². The van der Waals surface area contributed by atoms with Gasteiger partial charge < -0.3 is 14.5 Å². The third-order valence-corrected chi connectivity index (χ3v) is 7.94. The van der Waals surface area contributed by atoms with E-state index in [1.165, 1.54) is 0 Å². The van der Waals surface area contributed by atoms with Crippen LogP contribution in [0, 0.1) is 0 Å². The van der Waals surface area contributed by atoms with E-state index >= 15 is 0 Å². The zero-order chi connectivity index (χ0) is 26.2. The number of ether oxygens (including phenoxy) is 1. The van der Waals surface area contributed by atoms with E-state index < -0.39 is 11.9 Å². The van der Waals surface area contributed by atoms with Crippen LogP contribution in [0.1, 0.15) is 47.2 Å². The number of piperidine rings is 1. The number of carbonyl (C=O) groups is 4. The lowest BCUT2D eigenvalue weighted by atomic mass is 10.0. The predicted molar refractivity (Wildman–Crippen MR) is 137 cm³/mol. The van der Waals surface area contributed by atoms with E-state index in [4.69, 9.17) is 4.74 Å². The van der Waals surface area contributed by atoms with Gasteiger partial charge >= 0.3 is 0 Å². The summed E-state index contributed by atoms with van der Waals surface area (Å²) in [6.07, 6.45) is 3.90. The minimum absolute atomic E-state index is 0.125. The molecule has 0 spiro atoms. The molecular formula is C28H31N5O5. The van der Waals surface area contributed by atoms with E-state index in [9.17, 15) is 19.2 Å². The Morgan fingerprint density at radius 2 is 1.89 bits per heavy atom. The first-order valence-electron chi connectivity index (χ1n) is 13.3. The van der Waals surface area contributed by atoms with E-state index in [0.29, 0.717) is 38.2 Å². The first kappa shape index (κ1) is 24.7. The molecule has 38 heavy (non-hydrogen) atoms. The Hall–Kier alpha value is -3.63. The van der Waals surface area contributed by atoms with Crippen LogP contribution in [-0.2, 0) is 32.2 Å². The Morgan fingerprint density at radius 1 is 1.05 bits per heavy atom. The van der Waals surface area contributed by atoms with Crippen LogP contribution in [0.3, 0.4) is 0 Å². The summed E-state index contributed by atoms with van der Waals surface area (Å²) in [5.74, 6) is -0.758. The van der Waals surface area contributed by atoms with Crippen LogP contribution in [0.4, 0.5) is 0 Å². The number of rotatable bonds is 5. The van der Waals surface area contributed by atoms with E-state index in [-0.39, 0.29) is 30.2 Å². The summed E-state index contributed by atoms with van der Waals surface area (Å²) >= 11 is 0. The summed E-state index contributed by atoms with van der Waals surface area (Å²) in [6, 6.07) is 9.12. The molecule has 3 fully saturated rings. The summed E-state index contributed by atoms with van der Waals surface area (Å²) in [7, 11) is 0. The summed E-state index contributed by atoms with van der Waals surface area (Å²) < 4.78 is 5.56. The number of piperazine rings is 1. The number of pyridine rings is 1. The van der Waals surface area contributed by atoms with Crippen molar-refractivity contribution < 1.29 is 23.9 Å². The number of imide groups is 1. The molecule has 2 aromatic rings. The monoisotopic (exact) mass is 517 g/mol. The Labute approximate surface area is 220 Å². The van der Waals surface area contributed by atoms with Crippen LogP contribution in [0.2, 0.25) is 0 Å². The third-order valence-electron chi connectivity index (χ3n) is 7.94. The summed E-state index contributed by atoms with van der Waals surface area (Å²) in [5.41, 5.74) is 4.32. The Kier molecular flexibility index (Phi) is 6.67. The number of nitrogens with one attached hydrogen (secondary N) is 1. The van der Waals surface area contributed by atoms with Gasteiger partial charge in [-0.1, -0.05) is 6.07 Å². The highest BCUT2D eigenvalue weighted by Gasteiger charge is 2.39. The number of hydrogen-bond donors (Lipinski definition) is 1. The second-order valence-corrected chi connectivity index (χ2v) is 10.4. The topological polar surface area (TPSA) is 112 Å². The second-order valence-electron chi connectivity index (χ2n) is 10.4. The molecule has 198 valence electrons. The van der Waals surface area contributed by atoms with Gasteiger partial charge in [-0.25, -0.2) is 0 Å². The van der Waals surface area contributed by atoms with Crippen molar-refractivity contribution in [1.82, 2.24) is 25.0 Å². The van der Waals surface area contributed by atoms with Crippen molar-refractivity contribution in [2.24, 2.45) is 0 Å². The molecule has 2 unspecified atom stereocenters. The number of amides is 4. The Balaban J connectivity index is 1.10. The highest BCUT2D eigenvalue weighted by atomic mass is 16.5. The van der Waals surface area contributed by atoms with Crippen LogP contribution in [0.25, 0.3) is 11.3 Å². The van der Waals surface area contributed by atoms with Gasteiger partial charge in [-0.15, -0.1) is 0 Å². The van der Waals surface area contributed by atoms with Crippen LogP contribution in [0.5, 0.6) is 0 Å². The van der Waals surface area contributed by atoms with E-state index in [2.05, 4.69) is 21.3 Å². The largest absolute Gasteiger partial charge is 0.368 e. The lowest BCUT2D eigenvalue weighted by Gasteiger charge is -2.35. The Morgan fingerprint density at radius 3 is 2.66 bits per heavy atom. The van der Waals surface area contributed by atoms with Crippen LogP contribution in [-0.4, -0.2) is 88.2 Å². The molecule has 0 bridgehead atoms.